The first-order valence-corrected chi connectivity index (χ1v) is 9.36. The lowest BCUT2D eigenvalue weighted by molar-refractivity contribution is 0.0733. The average molecular weight is 460 g/mol. The standard InChI is InChI=1S/C22H13BrClFO3/c23-18-5-2-1-4-16(18)22(27)28-15-10-8-14(9-11-15)21(26)13-12-17-19(24)6-3-7-20(17)25/h1-13H. The zero-order valence-electron chi connectivity index (χ0n) is 14.4. The third kappa shape index (κ3) is 4.74. The van der Waals surface area contributed by atoms with E-state index in [2.05, 4.69) is 15.9 Å². The molecule has 3 aromatic carbocycles. The van der Waals surface area contributed by atoms with E-state index in [1.165, 1.54) is 48.6 Å². The molecule has 0 aliphatic carbocycles. The van der Waals surface area contributed by atoms with Crippen molar-refractivity contribution in [1.29, 1.82) is 0 Å². The van der Waals surface area contributed by atoms with E-state index in [1.807, 2.05) is 0 Å². The Labute approximate surface area is 174 Å². The molecule has 28 heavy (non-hydrogen) atoms. The fourth-order valence-corrected chi connectivity index (χ4v) is 3.07. The van der Waals surface area contributed by atoms with Crippen molar-refractivity contribution < 1.29 is 18.7 Å². The molecule has 0 N–H and O–H groups in total. The van der Waals surface area contributed by atoms with Gasteiger partial charge in [0.05, 0.1) is 10.6 Å². The van der Waals surface area contributed by atoms with Gasteiger partial charge in [-0.3, -0.25) is 4.79 Å². The third-order valence-corrected chi connectivity index (χ3v) is 4.87. The second-order valence-electron chi connectivity index (χ2n) is 5.73. The number of esters is 1. The van der Waals surface area contributed by atoms with Crippen LogP contribution in [0.2, 0.25) is 5.02 Å². The van der Waals surface area contributed by atoms with Crippen LogP contribution in [-0.4, -0.2) is 11.8 Å². The first-order valence-electron chi connectivity index (χ1n) is 8.19. The minimum absolute atomic E-state index is 0.150. The summed E-state index contributed by atoms with van der Waals surface area (Å²) in [6.07, 6.45) is 2.58. The van der Waals surface area contributed by atoms with Crippen molar-refractivity contribution in [2.45, 2.75) is 0 Å². The number of carbonyl (C=O) groups is 2. The van der Waals surface area contributed by atoms with Gasteiger partial charge in [0.2, 0.25) is 0 Å². The molecule has 0 spiro atoms. The molecule has 0 heterocycles. The van der Waals surface area contributed by atoms with Crippen molar-refractivity contribution in [3.8, 4) is 5.75 Å². The molecular formula is C22H13BrClFO3. The molecule has 0 saturated heterocycles. The second kappa shape index (κ2) is 8.95. The number of hydrogen-bond donors (Lipinski definition) is 0. The third-order valence-electron chi connectivity index (χ3n) is 3.84. The van der Waals surface area contributed by atoms with Gasteiger partial charge in [0.1, 0.15) is 11.6 Å². The molecule has 0 aromatic heterocycles. The van der Waals surface area contributed by atoms with E-state index in [-0.39, 0.29) is 16.4 Å². The normalized spacial score (nSPS) is 10.8. The van der Waals surface area contributed by atoms with Gasteiger partial charge in [-0.05, 0) is 76.6 Å². The largest absolute Gasteiger partial charge is 0.423 e. The average Bonchev–Trinajstić information content (AvgIpc) is 2.68. The molecule has 0 radical (unpaired) electrons. The summed E-state index contributed by atoms with van der Waals surface area (Å²) in [5.41, 5.74) is 0.910. The van der Waals surface area contributed by atoms with Crippen LogP contribution in [0.25, 0.3) is 6.08 Å². The quantitative estimate of drug-likeness (QED) is 0.193. The van der Waals surface area contributed by atoms with Gasteiger partial charge in [0.15, 0.2) is 5.78 Å². The summed E-state index contributed by atoms with van der Waals surface area (Å²) in [6.45, 7) is 0. The minimum Gasteiger partial charge on any atom is -0.423 e. The molecular weight excluding hydrogens is 447 g/mol. The second-order valence-corrected chi connectivity index (χ2v) is 6.99. The van der Waals surface area contributed by atoms with Crippen LogP contribution in [0.1, 0.15) is 26.3 Å². The van der Waals surface area contributed by atoms with Gasteiger partial charge in [0, 0.05) is 15.6 Å². The lowest BCUT2D eigenvalue weighted by Crippen LogP contribution is -2.09. The molecule has 3 nitrogen and oxygen atoms in total. The highest BCUT2D eigenvalue weighted by atomic mass is 79.9. The molecule has 0 saturated carbocycles. The lowest BCUT2D eigenvalue weighted by atomic mass is 10.1. The molecule has 0 fully saturated rings. The lowest BCUT2D eigenvalue weighted by Gasteiger charge is -2.06. The van der Waals surface area contributed by atoms with Gasteiger partial charge in [-0.25, -0.2) is 9.18 Å². The Kier molecular flexibility index (Phi) is 6.39. The van der Waals surface area contributed by atoms with Gasteiger partial charge in [-0.15, -0.1) is 0 Å². The Balaban J connectivity index is 1.70. The molecule has 0 aliphatic heterocycles. The van der Waals surface area contributed by atoms with Gasteiger partial charge in [-0.1, -0.05) is 29.8 Å². The van der Waals surface area contributed by atoms with E-state index in [0.29, 0.717) is 21.3 Å². The van der Waals surface area contributed by atoms with Gasteiger partial charge in [-0.2, -0.15) is 0 Å². The topological polar surface area (TPSA) is 43.4 Å². The summed E-state index contributed by atoms with van der Waals surface area (Å²) < 4.78 is 19.7. The molecule has 0 aliphatic rings. The number of carbonyl (C=O) groups excluding carboxylic acids is 2. The highest BCUT2D eigenvalue weighted by molar-refractivity contribution is 9.10. The summed E-state index contributed by atoms with van der Waals surface area (Å²) >= 11 is 9.23. The highest BCUT2D eigenvalue weighted by Crippen LogP contribution is 2.22. The number of ketones is 1. The van der Waals surface area contributed by atoms with Gasteiger partial charge >= 0.3 is 5.97 Å². The van der Waals surface area contributed by atoms with Gasteiger partial charge < -0.3 is 4.74 Å². The molecule has 6 heteroatoms. The van der Waals surface area contributed by atoms with E-state index in [9.17, 15) is 14.0 Å². The summed E-state index contributed by atoms with van der Waals surface area (Å²) in [5, 5.41) is 0.221. The smallest absolute Gasteiger partial charge is 0.344 e. The Hall–Kier alpha value is -2.76. The van der Waals surface area contributed by atoms with Crippen molar-refractivity contribution in [3.05, 3.63) is 105 Å². The van der Waals surface area contributed by atoms with E-state index >= 15 is 0 Å². The first-order chi connectivity index (χ1) is 13.5. The zero-order valence-corrected chi connectivity index (χ0v) is 16.7. The fourth-order valence-electron chi connectivity index (χ4n) is 2.40. The number of rotatable bonds is 5. The molecule has 0 atom stereocenters. The number of ether oxygens (including phenoxy) is 1. The number of halogens is 3. The highest BCUT2D eigenvalue weighted by Gasteiger charge is 2.12. The summed E-state index contributed by atoms with van der Waals surface area (Å²) in [5.74, 6) is -1.05. The van der Waals surface area contributed by atoms with Crippen LogP contribution in [0.3, 0.4) is 0 Å². The Bertz CT molecular complexity index is 1040. The van der Waals surface area contributed by atoms with Crippen LogP contribution in [0.4, 0.5) is 4.39 Å². The zero-order chi connectivity index (χ0) is 20.1. The van der Waals surface area contributed by atoms with Crippen molar-refractivity contribution in [1.82, 2.24) is 0 Å². The molecule has 140 valence electrons. The molecule has 0 amide bonds. The van der Waals surface area contributed by atoms with E-state index < -0.39 is 11.8 Å². The van der Waals surface area contributed by atoms with Crippen LogP contribution in [0.5, 0.6) is 5.75 Å². The van der Waals surface area contributed by atoms with Crippen LogP contribution in [0.15, 0.2) is 77.3 Å². The molecule has 3 rings (SSSR count). The SMILES string of the molecule is O=C(C=Cc1c(F)cccc1Cl)c1ccc(OC(=O)c2ccccc2Br)cc1. The monoisotopic (exact) mass is 458 g/mol. The van der Waals surface area contributed by atoms with Crippen molar-refractivity contribution >= 4 is 45.4 Å². The van der Waals surface area contributed by atoms with E-state index in [4.69, 9.17) is 16.3 Å². The summed E-state index contributed by atoms with van der Waals surface area (Å²) in [7, 11) is 0. The summed E-state index contributed by atoms with van der Waals surface area (Å²) in [4.78, 5) is 24.5. The van der Waals surface area contributed by atoms with E-state index in [1.54, 1.807) is 30.3 Å². The summed E-state index contributed by atoms with van der Waals surface area (Å²) in [6, 6.07) is 17.3. The Morgan fingerprint density at radius 2 is 1.68 bits per heavy atom. The number of allylic oxidation sites excluding steroid dienone is 1. The van der Waals surface area contributed by atoms with Crippen LogP contribution >= 0.6 is 27.5 Å². The molecule has 3 aromatic rings. The Morgan fingerprint density at radius 1 is 0.964 bits per heavy atom. The van der Waals surface area contributed by atoms with Crippen molar-refractivity contribution in [3.63, 3.8) is 0 Å². The van der Waals surface area contributed by atoms with Crippen molar-refractivity contribution in [2.75, 3.05) is 0 Å². The fraction of sp³-hybridized carbons (Fsp3) is 0. The first kappa shape index (κ1) is 20.0. The predicted octanol–water partition coefficient (Wildman–Crippen LogP) is 6.36. The predicted molar refractivity (Wildman–Crippen MR) is 110 cm³/mol. The van der Waals surface area contributed by atoms with E-state index in [0.717, 1.165) is 0 Å². The van der Waals surface area contributed by atoms with Gasteiger partial charge in [0.25, 0.3) is 0 Å². The number of hydrogen-bond acceptors (Lipinski definition) is 3. The van der Waals surface area contributed by atoms with Crippen LogP contribution in [0, 0.1) is 5.82 Å². The Morgan fingerprint density at radius 3 is 2.36 bits per heavy atom. The minimum atomic E-state index is -0.513. The number of benzene rings is 3. The maximum Gasteiger partial charge on any atom is 0.344 e. The van der Waals surface area contributed by atoms with Crippen molar-refractivity contribution in [2.24, 2.45) is 0 Å². The maximum absolute atomic E-state index is 13.7. The molecule has 0 unspecified atom stereocenters. The van der Waals surface area contributed by atoms with Crippen LogP contribution < -0.4 is 4.74 Å². The molecule has 0 bridgehead atoms. The van der Waals surface area contributed by atoms with Crippen LogP contribution in [-0.2, 0) is 0 Å². The maximum atomic E-state index is 13.7.